The first kappa shape index (κ1) is 10.9. The van der Waals surface area contributed by atoms with Crippen molar-refractivity contribution in [2.75, 3.05) is 0 Å². The predicted molar refractivity (Wildman–Crippen MR) is 68.8 cm³/mol. The molecule has 0 unspecified atom stereocenters. The number of nitrogens with two attached hydrogens (primary N) is 1. The first-order valence-corrected chi connectivity index (χ1v) is 5.74. The molecule has 3 rings (SSSR count). The van der Waals surface area contributed by atoms with Crippen LogP contribution < -0.4 is 5.73 Å². The number of pyridine rings is 2. The molecule has 0 fully saturated rings. The maximum Gasteiger partial charge on any atom is 0.168 e. The van der Waals surface area contributed by atoms with Crippen LogP contribution in [-0.4, -0.2) is 19.6 Å². The molecule has 5 nitrogen and oxygen atoms in total. The Morgan fingerprint density at radius 2 is 2.11 bits per heavy atom. The van der Waals surface area contributed by atoms with Crippen molar-refractivity contribution in [1.29, 1.82) is 0 Å². The van der Waals surface area contributed by atoms with Crippen LogP contribution in [0.3, 0.4) is 0 Å². The molecule has 0 bridgehead atoms. The quantitative estimate of drug-likeness (QED) is 0.736. The minimum absolute atomic E-state index is 0.420. The van der Waals surface area contributed by atoms with E-state index in [-0.39, 0.29) is 0 Å². The average Bonchev–Trinajstić information content (AvgIpc) is 2.81. The Kier molecular flexibility index (Phi) is 2.53. The van der Waals surface area contributed by atoms with Crippen LogP contribution in [0.1, 0.15) is 11.3 Å². The number of rotatable bonds is 2. The molecule has 0 amide bonds. The number of aryl methyl sites for hydroxylation is 1. The van der Waals surface area contributed by atoms with Gasteiger partial charge >= 0.3 is 0 Å². The summed E-state index contributed by atoms with van der Waals surface area (Å²) in [7, 11) is 0. The van der Waals surface area contributed by atoms with E-state index in [1.165, 1.54) is 5.56 Å². The summed E-state index contributed by atoms with van der Waals surface area (Å²) in [5, 5.41) is 8.40. The van der Waals surface area contributed by atoms with E-state index in [0.717, 1.165) is 22.7 Å². The number of aromatic nitrogens is 4. The van der Waals surface area contributed by atoms with Gasteiger partial charge in [-0.3, -0.25) is 9.38 Å². The molecule has 0 saturated carbocycles. The topological polar surface area (TPSA) is 69.1 Å². The molecule has 0 radical (unpaired) electrons. The predicted octanol–water partition coefficient (Wildman–Crippen LogP) is 1.56. The second-order valence-electron chi connectivity index (χ2n) is 4.20. The molecule has 0 aliphatic rings. The van der Waals surface area contributed by atoms with Gasteiger partial charge in [0.15, 0.2) is 11.5 Å². The third-order valence-corrected chi connectivity index (χ3v) is 2.85. The van der Waals surface area contributed by atoms with Crippen molar-refractivity contribution >= 4 is 5.65 Å². The Morgan fingerprint density at radius 3 is 2.94 bits per heavy atom. The van der Waals surface area contributed by atoms with Crippen molar-refractivity contribution in [3.63, 3.8) is 0 Å². The van der Waals surface area contributed by atoms with Gasteiger partial charge in [0.2, 0.25) is 0 Å². The van der Waals surface area contributed by atoms with Gasteiger partial charge in [0, 0.05) is 24.5 Å². The fraction of sp³-hybridized carbons (Fsp3) is 0.154. The number of hydrogen-bond donors (Lipinski definition) is 1. The standard InChI is InChI=1S/C13H13N5/c1-9-3-5-18-12(6-9)16-17-13(18)10-2-4-15-11(7-10)8-14/h2-7H,8,14H2,1H3. The summed E-state index contributed by atoms with van der Waals surface area (Å²) in [5.41, 5.74) is 9.43. The van der Waals surface area contributed by atoms with E-state index in [2.05, 4.69) is 15.2 Å². The Morgan fingerprint density at radius 1 is 1.22 bits per heavy atom. The van der Waals surface area contributed by atoms with Crippen LogP contribution >= 0.6 is 0 Å². The minimum atomic E-state index is 0.420. The molecule has 0 aliphatic carbocycles. The molecule has 90 valence electrons. The van der Waals surface area contributed by atoms with Crippen LogP contribution in [0.5, 0.6) is 0 Å². The number of fused-ring (bicyclic) bond motifs is 1. The average molecular weight is 239 g/mol. The largest absolute Gasteiger partial charge is 0.325 e. The van der Waals surface area contributed by atoms with Crippen LogP contribution in [-0.2, 0) is 6.54 Å². The molecule has 0 atom stereocenters. The highest BCUT2D eigenvalue weighted by Gasteiger charge is 2.08. The highest BCUT2D eigenvalue weighted by molar-refractivity contribution is 5.59. The summed E-state index contributed by atoms with van der Waals surface area (Å²) in [6, 6.07) is 7.89. The van der Waals surface area contributed by atoms with Gasteiger partial charge in [-0.1, -0.05) is 0 Å². The maximum atomic E-state index is 5.60. The van der Waals surface area contributed by atoms with Crippen LogP contribution in [0.25, 0.3) is 17.0 Å². The minimum Gasteiger partial charge on any atom is -0.325 e. The Bertz CT molecular complexity index is 701. The molecule has 0 aromatic carbocycles. The molecule has 5 heteroatoms. The Labute approximate surface area is 104 Å². The van der Waals surface area contributed by atoms with Crippen LogP contribution in [0.4, 0.5) is 0 Å². The maximum absolute atomic E-state index is 5.60. The lowest BCUT2D eigenvalue weighted by atomic mass is 10.2. The van der Waals surface area contributed by atoms with Crippen LogP contribution in [0.2, 0.25) is 0 Å². The summed E-state index contributed by atoms with van der Waals surface area (Å²) in [6.45, 7) is 2.46. The van der Waals surface area contributed by atoms with Crippen molar-refractivity contribution in [3.05, 3.63) is 47.9 Å². The molecule has 3 aromatic rings. The lowest BCUT2D eigenvalue weighted by molar-refractivity contribution is 0.987. The van der Waals surface area contributed by atoms with Gasteiger partial charge < -0.3 is 5.73 Å². The normalized spacial score (nSPS) is 11.0. The van der Waals surface area contributed by atoms with Gasteiger partial charge in [0.05, 0.1) is 5.69 Å². The molecule has 0 aliphatic heterocycles. The monoisotopic (exact) mass is 239 g/mol. The van der Waals surface area contributed by atoms with E-state index >= 15 is 0 Å². The van der Waals surface area contributed by atoms with E-state index in [1.54, 1.807) is 6.20 Å². The van der Waals surface area contributed by atoms with E-state index in [9.17, 15) is 0 Å². The van der Waals surface area contributed by atoms with Crippen molar-refractivity contribution in [2.45, 2.75) is 13.5 Å². The lowest BCUT2D eigenvalue weighted by Gasteiger charge is -2.02. The second-order valence-corrected chi connectivity index (χ2v) is 4.20. The third kappa shape index (κ3) is 1.74. The second kappa shape index (κ2) is 4.19. The summed E-state index contributed by atoms with van der Waals surface area (Å²) in [4.78, 5) is 4.18. The van der Waals surface area contributed by atoms with Crippen LogP contribution in [0.15, 0.2) is 36.7 Å². The zero-order valence-electron chi connectivity index (χ0n) is 10.0. The molecular weight excluding hydrogens is 226 g/mol. The highest BCUT2D eigenvalue weighted by Crippen LogP contribution is 2.18. The summed E-state index contributed by atoms with van der Waals surface area (Å²) in [6.07, 6.45) is 3.72. The van der Waals surface area contributed by atoms with Gasteiger partial charge in [-0.05, 0) is 36.8 Å². The Hall–Kier alpha value is -2.27. The molecule has 0 spiro atoms. The van der Waals surface area contributed by atoms with Gasteiger partial charge in [-0.15, -0.1) is 10.2 Å². The van der Waals surface area contributed by atoms with E-state index < -0.39 is 0 Å². The van der Waals surface area contributed by atoms with Crippen LogP contribution in [0, 0.1) is 6.92 Å². The molecular formula is C13H13N5. The molecule has 18 heavy (non-hydrogen) atoms. The molecule has 3 heterocycles. The van der Waals surface area contributed by atoms with Crippen molar-refractivity contribution in [3.8, 4) is 11.4 Å². The lowest BCUT2D eigenvalue weighted by Crippen LogP contribution is -1.99. The number of nitrogens with zero attached hydrogens (tertiary/aromatic N) is 4. The van der Waals surface area contributed by atoms with E-state index in [0.29, 0.717) is 6.54 Å². The highest BCUT2D eigenvalue weighted by atomic mass is 15.2. The molecule has 3 aromatic heterocycles. The molecule has 0 saturated heterocycles. The number of hydrogen-bond acceptors (Lipinski definition) is 4. The van der Waals surface area contributed by atoms with Crippen molar-refractivity contribution in [2.24, 2.45) is 5.73 Å². The first-order valence-electron chi connectivity index (χ1n) is 5.74. The van der Waals surface area contributed by atoms with Gasteiger partial charge in [-0.25, -0.2) is 0 Å². The Balaban J connectivity index is 2.19. The summed E-state index contributed by atoms with van der Waals surface area (Å²) >= 11 is 0. The summed E-state index contributed by atoms with van der Waals surface area (Å²) in [5.74, 6) is 0.808. The summed E-state index contributed by atoms with van der Waals surface area (Å²) < 4.78 is 1.96. The first-order chi connectivity index (χ1) is 8.78. The zero-order chi connectivity index (χ0) is 12.5. The van der Waals surface area contributed by atoms with E-state index in [1.807, 2.05) is 41.8 Å². The van der Waals surface area contributed by atoms with Gasteiger partial charge in [0.25, 0.3) is 0 Å². The van der Waals surface area contributed by atoms with Crippen molar-refractivity contribution in [1.82, 2.24) is 19.6 Å². The fourth-order valence-corrected chi connectivity index (χ4v) is 1.92. The third-order valence-electron chi connectivity index (χ3n) is 2.85. The van der Waals surface area contributed by atoms with E-state index in [4.69, 9.17) is 5.73 Å². The van der Waals surface area contributed by atoms with Gasteiger partial charge in [-0.2, -0.15) is 0 Å². The fourth-order valence-electron chi connectivity index (χ4n) is 1.92. The smallest absolute Gasteiger partial charge is 0.168 e. The van der Waals surface area contributed by atoms with Crippen molar-refractivity contribution < 1.29 is 0 Å². The van der Waals surface area contributed by atoms with Gasteiger partial charge in [0.1, 0.15) is 0 Å². The molecule has 2 N–H and O–H groups in total. The SMILES string of the molecule is Cc1ccn2c(-c3ccnc(CN)c3)nnc2c1. The zero-order valence-corrected chi connectivity index (χ0v) is 10.0.